The minimum atomic E-state index is 0. The number of aryl methyl sites for hydroxylation is 1. The lowest BCUT2D eigenvalue weighted by Crippen LogP contribution is -2.44. The van der Waals surface area contributed by atoms with Gasteiger partial charge in [-0.05, 0) is 51.0 Å². The van der Waals surface area contributed by atoms with Crippen LogP contribution in [0.2, 0.25) is 0 Å². The van der Waals surface area contributed by atoms with Gasteiger partial charge in [0.05, 0.1) is 6.26 Å². The van der Waals surface area contributed by atoms with Crippen molar-refractivity contribution >= 4 is 35.6 Å². The molecule has 1 aliphatic rings. The summed E-state index contributed by atoms with van der Waals surface area (Å²) < 4.78 is 10.9. The van der Waals surface area contributed by atoms with E-state index in [4.69, 9.17) is 14.1 Å². The largest absolute Gasteiger partial charge is 0.467 e. The highest BCUT2D eigenvalue weighted by Gasteiger charge is 2.23. The quantitative estimate of drug-likeness (QED) is 0.231. The van der Waals surface area contributed by atoms with E-state index in [1.807, 2.05) is 12.1 Å². The Hall–Kier alpha value is -1.74. The lowest BCUT2D eigenvalue weighted by atomic mass is 10.2. The molecule has 0 amide bonds. The number of ether oxygens (including phenoxy) is 1. The molecule has 1 fully saturated rings. The normalized spacial score (nSPS) is 16.6. The minimum absolute atomic E-state index is 0. The van der Waals surface area contributed by atoms with Crippen molar-refractivity contribution in [2.45, 2.75) is 39.3 Å². The van der Waals surface area contributed by atoms with Crippen molar-refractivity contribution in [2.24, 2.45) is 4.99 Å². The third kappa shape index (κ3) is 7.89. The number of hydrogen-bond acceptors (Lipinski definition) is 4. The molecule has 6 nitrogen and oxygen atoms in total. The molecule has 0 aliphatic carbocycles. The predicted octanol–water partition coefficient (Wildman–Crippen LogP) is 3.95. The van der Waals surface area contributed by atoms with Gasteiger partial charge >= 0.3 is 0 Å². The van der Waals surface area contributed by atoms with Crippen LogP contribution in [0.15, 0.2) is 52.1 Å². The van der Waals surface area contributed by atoms with E-state index in [1.54, 1.807) is 6.26 Å². The first kappa shape index (κ1) is 23.5. The van der Waals surface area contributed by atoms with E-state index in [9.17, 15) is 0 Å². The summed E-state index contributed by atoms with van der Waals surface area (Å²) in [4.78, 5) is 7.13. The van der Waals surface area contributed by atoms with Crippen LogP contribution in [0.4, 0.5) is 5.69 Å². The van der Waals surface area contributed by atoms with Crippen LogP contribution in [-0.2, 0) is 11.3 Å². The second-order valence-corrected chi connectivity index (χ2v) is 7.16. The molecule has 0 spiro atoms. The molecule has 7 heteroatoms. The highest BCUT2D eigenvalue weighted by Crippen LogP contribution is 2.20. The van der Waals surface area contributed by atoms with Crippen molar-refractivity contribution < 1.29 is 9.15 Å². The second-order valence-electron chi connectivity index (χ2n) is 7.16. The van der Waals surface area contributed by atoms with Crippen LogP contribution in [0.5, 0.6) is 0 Å². The van der Waals surface area contributed by atoms with E-state index in [0.29, 0.717) is 19.3 Å². The van der Waals surface area contributed by atoms with Gasteiger partial charge in [-0.25, -0.2) is 0 Å². The fourth-order valence-electron chi connectivity index (χ4n) is 3.31. The highest BCUT2D eigenvalue weighted by molar-refractivity contribution is 14.0. The number of nitrogens with zero attached hydrogens (tertiary/aromatic N) is 2. The molecule has 0 saturated carbocycles. The number of halogens is 1. The number of nitrogens with one attached hydrogen (secondary N) is 2. The Balaban J connectivity index is 0.00000300. The summed E-state index contributed by atoms with van der Waals surface area (Å²) in [5.74, 6) is 1.75. The van der Waals surface area contributed by atoms with Gasteiger partial charge in [-0.2, -0.15) is 0 Å². The lowest BCUT2D eigenvalue weighted by Gasteiger charge is -2.20. The van der Waals surface area contributed by atoms with E-state index in [2.05, 4.69) is 53.6 Å². The summed E-state index contributed by atoms with van der Waals surface area (Å²) in [6.45, 7) is 9.08. The number of benzene rings is 1. The maximum absolute atomic E-state index is 5.61. The smallest absolute Gasteiger partial charge is 0.191 e. The highest BCUT2D eigenvalue weighted by atomic mass is 127. The molecule has 0 bridgehead atoms. The van der Waals surface area contributed by atoms with Crippen LogP contribution in [0.1, 0.15) is 31.1 Å². The Morgan fingerprint density at radius 3 is 2.83 bits per heavy atom. The van der Waals surface area contributed by atoms with E-state index < -0.39 is 0 Å². The number of rotatable bonds is 9. The summed E-state index contributed by atoms with van der Waals surface area (Å²) in [6.07, 6.45) is 3.67. The van der Waals surface area contributed by atoms with E-state index >= 15 is 0 Å². The first-order valence-electron chi connectivity index (χ1n) is 10.2. The Morgan fingerprint density at radius 2 is 2.10 bits per heavy atom. The SMILES string of the molecule is CCNC(=NCCCOCc1ccco1)NC1CCN(c2ccc(C)cc2)C1.I. The zero-order valence-corrected chi connectivity index (χ0v) is 19.7. The van der Waals surface area contributed by atoms with Crippen LogP contribution in [0, 0.1) is 6.92 Å². The topological polar surface area (TPSA) is 62.0 Å². The molecule has 2 N–H and O–H groups in total. The molecule has 2 heterocycles. The van der Waals surface area contributed by atoms with Gasteiger partial charge in [0.15, 0.2) is 5.96 Å². The summed E-state index contributed by atoms with van der Waals surface area (Å²) in [7, 11) is 0. The summed E-state index contributed by atoms with van der Waals surface area (Å²) in [5, 5.41) is 6.93. The first-order valence-corrected chi connectivity index (χ1v) is 10.2. The monoisotopic (exact) mass is 512 g/mol. The van der Waals surface area contributed by atoms with Crippen molar-refractivity contribution in [1.29, 1.82) is 0 Å². The Labute approximate surface area is 191 Å². The number of guanidine groups is 1. The molecule has 2 aromatic rings. The molecule has 1 aromatic heterocycles. The maximum atomic E-state index is 5.61. The van der Waals surface area contributed by atoms with Gasteiger partial charge in [-0.1, -0.05) is 17.7 Å². The van der Waals surface area contributed by atoms with Gasteiger partial charge in [-0.15, -0.1) is 24.0 Å². The van der Waals surface area contributed by atoms with Gasteiger partial charge in [0.1, 0.15) is 12.4 Å². The van der Waals surface area contributed by atoms with Crippen molar-refractivity contribution in [3.05, 3.63) is 54.0 Å². The molecule has 1 aromatic carbocycles. The van der Waals surface area contributed by atoms with Gasteiger partial charge in [-0.3, -0.25) is 4.99 Å². The average molecular weight is 512 g/mol. The van der Waals surface area contributed by atoms with Crippen LogP contribution >= 0.6 is 24.0 Å². The van der Waals surface area contributed by atoms with Crippen LogP contribution in [-0.4, -0.2) is 44.8 Å². The van der Waals surface area contributed by atoms with Crippen molar-refractivity contribution in [2.75, 3.05) is 37.7 Å². The van der Waals surface area contributed by atoms with Crippen molar-refractivity contribution in [3.63, 3.8) is 0 Å². The number of furan rings is 1. The molecule has 1 unspecified atom stereocenters. The molecular formula is C22H33IN4O2. The maximum Gasteiger partial charge on any atom is 0.191 e. The van der Waals surface area contributed by atoms with Crippen LogP contribution < -0.4 is 15.5 Å². The van der Waals surface area contributed by atoms with Gasteiger partial charge in [0.2, 0.25) is 0 Å². The van der Waals surface area contributed by atoms with Crippen LogP contribution in [0.3, 0.4) is 0 Å². The zero-order chi connectivity index (χ0) is 19.6. The Bertz CT molecular complexity index is 719. The molecule has 1 aliphatic heterocycles. The molecule has 160 valence electrons. The van der Waals surface area contributed by atoms with E-state index in [-0.39, 0.29) is 24.0 Å². The third-order valence-corrected chi connectivity index (χ3v) is 4.81. The van der Waals surface area contributed by atoms with Gasteiger partial charge in [0.25, 0.3) is 0 Å². The average Bonchev–Trinajstić information content (AvgIpc) is 3.37. The number of aliphatic imine (C=N–C) groups is 1. The number of anilines is 1. The zero-order valence-electron chi connectivity index (χ0n) is 17.4. The Kier molecular flexibility index (Phi) is 10.3. The van der Waals surface area contributed by atoms with Gasteiger partial charge in [0, 0.05) is 44.5 Å². The predicted molar refractivity (Wildman–Crippen MR) is 129 cm³/mol. The molecule has 3 rings (SSSR count). The number of hydrogen-bond donors (Lipinski definition) is 2. The van der Waals surface area contributed by atoms with Crippen molar-refractivity contribution in [1.82, 2.24) is 10.6 Å². The fourth-order valence-corrected chi connectivity index (χ4v) is 3.31. The molecule has 29 heavy (non-hydrogen) atoms. The fraction of sp³-hybridized carbons (Fsp3) is 0.500. The van der Waals surface area contributed by atoms with Gasteiger partial charge < -0.3 is 24.7 Å². The first-order chi connectivity index (χ1) is 13.7. The van der Waals surface area contributed by atoms with Crippen molar-refractivity contribution in [3.8, 4) is 0 Å². The molecule has 1 atom stereocenters. The molecule has 0 radical (unpaired) electrons. The third-order valence-electron chi connectivity index (χ3n) is 4.81. The second kappa shape index (κ2) is 12.7. The summed E-state index contributed by atoms with van der Waals surface area (Å²) in [6, 6.07) is 13.0. The van der Waals surface area contributed by atoms with E-state index in [0.717, 1.165) is 50.7 Å². The van der Waals surface area contributed by atoms with Crippen LogP contribution in [0.25, 0.3) is 0 Å². The summed E-state index contributed by atoms with van der Waals surface area (Å²) >= 11 is 0. The summed E-state index contributed by atoms with van der Waals surface area (Å²) in [5.41, 5.74) is 2.60. The standard InChI is InChI=1S/C22H32N4O2.HI/c1-3-23-22(24-12-5-14-27-17-21-6-4-15-28-21)25-19-11-13-26(16-19)20-9-7-18(2)8-10-20;/h4,6-10,15,19H,3,5,11-14,16-17H2,1-2H3,(H2,23,24,25);1H. The Morgan fingerprint density at radius 1 is 1.28 bits per heavy atom. The minimum Gasteiger partial charge on any atom is -0.467 e. The lowest BCUT2D eigenvalue weighted by molar-refractivity contribution is 0.105. The van der Waals surface area contributed by atoms with E-state index in [1.165, 1.54) is 11.3 Å². The molecular weight excluding hydrogens is 479 g/mol. The molecule has 1 saturated heterocycles.